The van der Waals surface area contributed by atoms with Gasteiger partial charge in [-0.1, -0.05) is 19.3 Å². The van der Waals surface area contributed by atoms with Crippen LogP contribution in [0.1, 0.15) is 38.5 Å². The van der Waals surface area contributed by atoms with Crippen LogP contribution >= 0.6 is 15.9 Å². The first-order chi connectivity index (χ1) is 8.25. The molecule has 2 rings (SSSR count). The highest BCUT2D eigenvalue weighted by molar-refractivity contribution is 9.10. The largest absolute Gasteiger partial charge is 0.310 e. The predicted molar refractivity (Wildman–Crippen MR) is 71.8 cm³/mol. The van der Waals surface area contributed by atoms with Crippen molar-refractivity contribution in [3.63, 3.8) is 0 Å². The molecular formula is C13H17BrN2O. The molecule has 1 fully saturated rings. The van der Waals surface area contributed by atoms with Gasteiger partial charge in [-0.05, 0) is 46.8 Å². The number of nitrogens with one attached hydrogen (secondary N) is 1. The molecule has 0 unspecified atom stereocenters. The van der Waals surface area contributed by atoms with E-state index in [1.165, 1.54) is 32.1 Å². The summed E-state index contributed by atoms with van der Waals surface area (Å²) in [6, 6.07) is 3.71. The second-order valence-electron chi connectivity index (χ2n) is 4.59. The smallest absolute Gasteiger partial charge is 0.225 e. The highest BCUT2D eigenvalue weighted by Gasteiger charge is 2.17. The molecule has 1 heterocycles. The Morgan fingerprint density at radius 3 is 2.88 bits per heavy atom. The van der Waals surface area contributed by atoms with Gasteiger partial charge in [0, 0.05) is 12.6 Å². The monoisotopic (exact) mass is 296 g/mol. The number of amides is 1. The molecule has 0 bridgehead atoms. The van der Waals surface area contributed by atoms with Crippen LogP contribution in [-0.2, 0) is 4.79 Å². The van der Waals surface area contributed by atoms with Crippen LogP contribution in [0.3, 0.4) is 0 Å². The molecule has 1 aliphatic rings. The van der Waals surface area contributed by atoms with Crippen molar-refractivity contribution in [2.24, 2.45) is 5.92 Å². The minimum Gasteiger partial charge on any atom is -0.310 e. The van der Waals surface area contributed by atoms with Gasteiger partial charge in [0.2, 0.25) is 5.91 Å². The Bertz CT molecular complexity index is 389. The summed E-state index contributed by atoms with van der Waals surface area (Å²) < 4.78 is 0.831. The third-order valence-corrected chi connectivity index (χ3v) is 3.86. The van der Waals surface area contributed by atoms with Gasteiger partial charge in [-0.2, -0.15) is 0 Å². The molecule has 1 amide bonds. The number of aromatic nitrogens is 1. The summed E-state index contributed by atoms with van der Waals surface area (Å²) in [7, 11) is 0. The molecule has 92 valence electrons. The molecule has 1 N–H and O–H groups in total. The zero-order chi connectivity index (χ0) is 12.1. The van der Waals surface area contributed by atoms with Crippen LogP contribution in [0.15, 0.2) is 22.8 Å². The molecule has 1 aliphatic carbocycles. The van der Waals surface area contributed by atoms with Gasteiger partial charge in [-0.25, -0.2) is 4.98 Å². The van der Waals surface area contributed by atoms with Gasteiger partial charge >= 0.3 is 0 Å². The summed E-state index contributed by atoms with van der Waals surface area (Å²) in [5, 5.41) is 2.86. The van der Waals surface area contributed by atoms with E-state index in [0.717, 1.165) is 4.47 Å². The third-order valence-electron chi connectivity index (χ3n) is 3.22. The molecule has 0 aromatic carbocycles. The van der Waals surface area contributed by atoms with Gasteiger partial charge in [0.1, 0.15) is 5.82 Å². The summed E-state index contributed by atoms with van der Waals surface area (Å²) in [6.07, 6.45) is 8.55. The van der Waals surface area contributed by atoms with E-state index in [9.17, 15) is 4.79 Å². The standard InChI is InChI=1S/C13H17BrN2O/c14-11-7-4-8-15-13(11)16-12(17)9-10-5-2-1-3-6-10/h4,7-8,10H,1-3,5-6,9H2,(H,15,16,17). The molecule has 1 aromatic heterocycles. The zero-order valence-electron chi connectivity index (χ0n) is 9.79. The Morgan fingerprint density at radius 1 is 1.41 bits per heavy atom. The van der Waals surface area contributed by atoms with Crippen molar-refractivity contribution in [2.45, 2.75) is 38.5 Å². The maximum absolute atomic E-state index is 11.9. The van der Waals surface area contributed by atoms with E-state index in [1.54, 1.807) is 6.20 Å². The lowest BCUT2D eigenvalue weighted by molar-refractivity contribution is -0.117. The second-order valence-corrected chi connectivity index (χ2v) is 5.44. The first-order valence-electron chi connectivity index (χ1n) is 6.16. The number of pyridine rings is 1. The molecule has 0 radical (unpaired) electrons. The van der Waals surface area contributed by atoms with E-state index in [4.69, 9.17) is 0 Å². The Labute approximate surface area is 110 Å². The Hall–Kier alpha value is -0.900. The summed E-state index contributed by atoms with van der Waals surface area (Å²) in [4.78, 5) is 16.0. The number of hydrogen-bond donors (Lipinski definition) is 1. The summed E-state index contributed by atoms with van der Waals surface area (Å²) in [5.41, 5.74) is 0. The molecule has 0 saturated heterocycles. The third kappa shape index (κ3) is 3.80. The summed E-state index contributed by atoms with van der Waals surface area (Å²) in [6.45, 7) is 0. The van der Waals surface area contributed by atoms with Crippen LogP contribution < -0.4 is 5.32 Å². The quantitative estimate of drug-likeness (QED) is 0.923. The Kier molecular flexibility index (Phi) is 4.54. The van der Waals surface area contributed by atoms with Crippen molar-refractivity contribution in [2.75, 3.05) is 5.32 Å². The van der Waals surface area contributed by atoms with Crippen molar-refractivity contribution in [1.29, 1.82) is 0 Å². The lowest BCUT2D eigenvalue weighted by Crippen LogP contribution is -2.19. The lowest BCUT2D eigenvalue weighted by Gasteiger charge is -2.20. The Morgan fingerprint density at radius 2 is 2.18 bits per heavy atom. The van der Waals surface area contributed by atoms with Crippen molar-refractivity contribution >= 4 is 27.7 Å². The maximum atomic E-state index is 11.9. The fourth-order valence-corrected chi connectivity index (χ4v) is 2.67. The van der Waals surface area contributed by atoms with Crippen molar-refractivity contribution in [3.05, 3.63) is 22.8 Å². The minimum absolute atomic E-state index is 0.0799. The molecule has 0 atom stereocenters. The van der Waals surface area contributed by atoms with Crippen molar-refractivity contribution in [1.82, 2.24) is 4.98 Å². The lowest BCUT2D eigenvalue weighted by atomic mass is 9.87. The number of nitrogens with zero attached hydrogens (tertiary/aromatic N) is 1. The van der Waals surface area contributed by atoms with Gasteiger partial charge in [0.15, 0.2) is 0 Å². The van der Waals surface area contributed by atoms with Crippen LogP contribution in [0.2, 0.25) is 0 Å². The normalized spacial score (nSPS) is 16.8. The van der Waals surface area contributed by atoms with E-state index in [-0.39, 0.29) is 5.91 Å². The molecule has 1 aromatic rings. The van der Waals surface area contributed by atoms with Crippen LogP contribution in [0.25, 0.3) is 0 Å². The second kappa shape index (κ2) is 6.15. The zero-order valence-corrected chi connectivity index (χ0v) is 11.4. The number of rotatable bonds is 3. The highest BCUT2D eigenvalue weighted by Crippen LogP contribution is 2.27. The van der Waals surface area contributed by atoms with Gasteiger partial charge < -0.3 is 5.32 Å². The first-order valence-corrected chi connectivity index (χ1v) is 6.95. The maximum Gasteiger partial charge on any atom is 0.225 e. The SMILES string of the molecule is O=C(CC1CCCCC1)Nc1ncccc1Br. The number of hydrogen-bond acceptors (Lipinski definition) is 2. The van der Waals surface area contributed by atoms with Crippen LogP contribution in [0.5, 0.6) is 0 Å². The van der Waals surface area contributed by atoms with E-state index in [0.29, 0.717) is 18.2 Å². The summed E-state index contributed by atoms with van der Waals surface area (Å²) >= 11 is 3.37. The predicted octanol–water partition coefficient (Wildman–Crippen LogP) is 3.75. The van der Waals surface area contributed by atoms with E-state index >= 15 is 0 Å². The van der Waals surface area contributed by atoms with E-state index in [1.807, 2.05) is 12.1 Å². The number of halogens is 1. The van der Waals surface area contributed by atoms with Crippen molar-refractivity contribution in [3.8, 4) is 0 Å². The highest BCUT2D eigenvalue weighted by atomic mass is 79.9. The van der Waals surface area contributed by atoms with E-state index < -0.39 is 0 Å². The van der Waals surface area contributed by atoms with Gasteiger partial charge in [0.25, 0.3) is 0 Å². The molecule has 17 heavy (non-hydrogen) atoms. The number of carbonyl (C=O) groups excluding carboxylic acids is 1. The topological polar surface area (TPSA) is 42.0 Å². The van der Waals surface area contributed by atoms with Gasteiger partial charge in [0.05, 0.1) is 4.47 Å². The molecule has 1 saturated carbocycles. The summed E-state index contributed by atoms with van der Waals surface area (Å²) in [5.74, 6) is 1.26. The molecule has 0 aliphatic heterocycles. The average molecular weight is 297 g/mol. The van der Waals surface area contributed by atoms with Crippen LogP contribution in [0, 0.1) is 5.92 Å². The van der Waals surface area contributed by atoms with Gasteiger partial charge in [-0.3, -0.25) is 4.79 Å². The van der Waals surface area contributed by atoms with Gasteiger partial charge in [-0.15, -0.1) is 0 Å². The molecule has 3 nitrogen and oxygen atoms in total. The first kappa shape index (κ1) is 12.6. The Balaban J connectivity index is 1.86. The van der Waals surface area contributed by atoms with Crippen LogP contribution in [0.4, 0.5) is 5.82 Å². The fraction of sp³-hybridized carbons (Fsp3) is 0.538. The van der Waals surface area contributed by atoms with Crippen LogP contribution in [-0.4, -0.2) is 10.9 Å². The van der Waals surface area contributed by atoms with Crippen molar-refractivity contribution < 1.29 is 4.79 Å². The molecular weight excluding hydrogens is 280 g/mol. The number of carbonyl (C=O) groups is 1. The molecule has 0 spiro atoms. The molecule has 4 heteroatoms. The number of anilines is 1. The fourth-order valence-electron chi connectivity index (χ4n) is 2.31. The van der Waals surface area contributed by atoms with E-state index in [2.05, 4.69) is 26.2 Å². The average Bonchev–Trinajstić information content (AvgIpc) is 2.33. The minimum atomic E-state index is 0.0799.